The van der Waals surface area contributed by atoms with E-state index in [1.807, 2.05) is 31.2 Å². The van der Waals surface area contributed by atoms with Crippen LogP contribution in [0, 0.1) is 5.92 Å². The van der Waals surface area contributed by atoms with Gasteiger partial charge in [-0.3, -0.25) is 14.8 Å². The van der Waals surface area contributed by atoms with Crippen molar-refractivity contribution in [3.05, 3.63) is 59.7 Å². The molecule has 0 aliphatic carbocycles. The molecule has 2 aromatic carbocycles. The van der Waals surface area contributed by atoms with Gasteiger partial charge in [-0.2, -0.15) is 0 Å². The van der Waals surface area contributed by atoms with E-state index in [-0.39, 0.29) is 25.7 Å². The zero-order valence-electron chi connectivity index (χ0n) is 18.4. The first kappa shape index (κ1) is 25.1. The molecule has 0 radical (unpaired) electrons. The van der Waals surface area contributed by atoms with Crippen LogP contribution in [0.2, 0.25) is 0 Å². The standard InChI is InChI=1S/C23H31N3O6/c1-3-31-15-32-14-20(25-22(27)17-7-9-19(24)10-8-17)13-18(23(28)26-29)11-16-5-4-6-21(12-16)30-2/h4-10,12,18,20,29H,3,11,13-15,24H2,1-2H3,(H,25,27)(H,26,28)/t18-,20-/m0/s1. The highest BCUT2D eigenvalue weighted by Crippen LogP contribution is 2.20. The van der Waals surface area contributed by atoms with E-state index in [1.54, 1.807) is 36.9 Å². The first-order valence-corrected chi connectivity index (χ1v) is 10.4. The van der Waals surface area contributed by atoms with Crippen molar-refractivity contribution in [1.29, 1.82) is 0 Å². The predicted molar refractivity (Wildman–Crippen MR) is 119 cm³/mol. The molecule has 0 aromatic heterocycles. The third kappa shape index (κ3) is 8.18. The molecule has 0 saturated carbocycles. The Kier molecular flexibility index (Phi) is 10.5. The van der Waals surface area contributed by atoms with Crippen molar-refractivity contribution >= 4 is 17.5 Å². The molecule has 174 valence electrons. The fourth-order valence-corrected chi connectivity index (χ4v) is 3.21. The summed E-state index contributed by atoms with van der Waals surface area (Å²) in [6, 6.07) is 13.3. The molecule has 0 unspecified atom stereocenters. The van der Waals surface area contributed by atoms with Crippen LogP contribution in [-0.2, 0) is 20.7 Å². The van der Waals surface area contributed by atoms with Crippen LogP contribution in [0.4, 0.5) is 5.69 Å². The number of ether oxygens (including phenoxy) is 3. The number of hydroxylamine groups is 1. The first-order chi connectivity index (χ1) is 15.5. The summed E-state index contributed by atoms with van der Waals surface area (Å²) in [6.45, 7) is 2.54. The monoisotopic (exact) mass is 445 g/mol. The Bertz CT molecular complexity index is 859. The molecule has 0 bridgehead atoms. The number of benzene rings is 2. The molecular weight excluding hydrogens is 414 g/mol. The van der Waals surface area contributed by atoms with Crippen LogP contribution in [0.5, 0.6) is 5.75 Å². The van der Waals surface area contributed by atoms with Gasteiger partial charge in [-0.15, -0.1) is 0 Å². The second kappa shape index (κ2) is 13.3. The van der Waals surface area contributed by atoms with E-state index < -0.39 is 17.9 Å². The zero-order chi connectivity index (χ0) is 23.3. The van der Waals surface area contributed by atoms with Crippen molar-refractivity contribution in [1.82, 2.24) is 10.8 Å². The topological polar surface area (TPSA) is 132 Å². The van der Waals surface area contributed by atoms with Gasteiger partial charge in [0.15, 0.2) is 0 Å². The Balaban J connectivity index is 2.14. The van der Waals surface area contributed by atoms with Crippen LogP contribution < -0.4 is 21.3 Å². The Labute approximate surface area is 187 Å². The molecule has 5 N–H and O–H groups in total. The van der Waals surface area contributed by atoms with Crippen LogP contribution in [-0.4, -0.2) is 50.2 Å². The number of nitrogen functional groups attached to an aromatic ring is 1. The van der Waals surface area contributed by atoms with E-state index in [0.29, 0.717) is 30.0 Å². The van der Waals surface area contributed by atoms with Gasteiger partial charge in [0.05, 0.1) is 19.8 Å². The highest BCUT2D eigenvalue weighted by molar-refractivity contribution is 5.94. The fraction of sp³-hybridized carbons (Fsp3) is 0.391. The lowest BCUT2D eigenvalue weighted by atomic mass is 9.92. The highest BCUT2D eigenvalue weighted by Gasteiger charge is 2.25. The van der Waals surface area contributed by atoms with E-state index in [2.05, 4.69) is 5.32 Å². The summed E-state index contributed by atoms with van der Waals surface area (Å²) in [5.74, 6) is -0.831. The number of carbonyl (C=O) groups is 2. The van der Waals surface area contributed by atoms with Gasteiger partial charge in [-0.25, -0.2) is 5.48 Å². The van der Waals surface area contributed by atoms with E-state index >= 15 is 0 Å². The van der Waals surface area contributed by atoms with Crippen molar-refractivity contribution in [2.75, 3.05) is 32.9 Å². The number of amides is 2. The third-order valence-electron chi connectivity index (χ3n) is 4.86. The van der Waals surface area contributed by atoms with Gasteiger partial charge in [0.25, 0.3) is 5.91 Å². The summed E-state index contributed by atoms with van der Waals surface area (Å²) in [7, 11) is 1.56. The molecular formula is C23H31N3O6. The fourth-order valence-electron chi connectivity index (χ4n) is 3.21. The van der Waals surface area contributed by atoms with Gasteiger partial charge in [-0.1, -0.05) is 12.1 Å². The van der Waals surface area contributed by atoms with Gasteiger partial charge in [0, 0.05) is 23.8 Å². The third-order valence-corrected chi connectivity index (χ3v) is 4.86. The van der Waals surface area contributed by atoms with Gasteiger partial charge >= 0.3 is 0 Å². The SMILES string of the molecule is CCOCOC[C@H](C[C@H](Cc1cccc(OC)c1)C(=O)NO)NC(=O)c1ccc(N)cc1. The number of anilines is 1. The summed E-state index contributed by atoms with van der Waals surface area (Å²) < 4.78 is 16.0. The van der Waals surface area contributed by atoms with E-state index in [0.717, 1.165) is 5.56 Å². The molecule has 2 aromatic rings. The first-order valence-electron chi connectivity index (χ1n) is 10.4. The summed E-state index contributed by atoms with van der Waals surface area (Å²) in [4.78, 5) is 25.1. The minimum atomic E-state index is -0.625. The van der Waals surface area contributed by atoms with Crippen LogP contribution in [0.15, 0.2) is 48.5 Å². The average Bonchev–Trinajstić information content (AvgIpc) is 2.81. The molecule has 0 spiro atoms. The second-order valence-corrected chi connectivity index (χ2v) is 7.24. The molecule has 0 aliphatic heterocycles. The average molecular weight is 446 g/mol. The lowest BCUT2D eigenvalue weighted by Gasteiger charge is -2.24. The summed E-state index contributed by atoms with van der Waals surface area (Å²) in [6.07, 6.45) is 0.569. The van der Waals surface area contributed by atoms with E-state index in [4.69, 9.17) is 19.9 Å². The van der Waals surface area contributed by atoms with Crippen LogP contribution >= 0.6 is 0 Å². The van der Waals surface area contributed by atoms with E-state index in [9.17, 15) is 14.8 Å². The predicted octanol–water partition coefficient (Wildman–Crippen LogP) is 2.14. The van der Waals surface area contributed by atoms with Gasteiger partial charge in [0.1, 0.15) is 12.5 Å². The number of rotatable bonds is 13. The van der Waals surface area contributed by atoms with Gasteiger partial charge in [-0.05, 0) is 61.7 Å². The van der Waals surface area contributed by atoms with Crippen LogP contribution in [0.1, 0.15) is 29.3 Å². The highest BCUT2D eigenvalue weighted by atomic mass is 16.7. The van der Waals surface area contributed by atoms with Crippen molar-refractivity contribution in [2.24, 2.45) is 5.92 Å². The van der Waals surface area contributed by atoms with E-state index in [1.165, 1.54) is 0 Å². The van der Waals surface area contributed by atoms with Crippen LogP contribution in [0.3, 0.4) is 0 Å². The maximum Gasteiger partial charge on any atom is 0.251 e. The molecule has 0 heterocycles. The molecule has 2 amide bonds. The zero-order valence-corrected chi connectivity index (χ0v) is 18.4. The number of carbonyl (C=O) groups excluding carboxylic acids is 2. The molecule has 9 nitrogen and oxygen atoms in total. The molecule has 2 atom stereocenters. The lowest BCUT2D eigenvalue weighted by Crippen LogP contribution is -2.42. The lowest BCUT2D eigenvalue weighted by molar-refractivity contribution is -0.134. The second-order valence-electron chi connectivity index (χ2n) is 7.24. The Morgan fingerprint density at radius 3 is 2.53 bits per heavy atom. The number of methoxy groups -OCH3 is 1. The molecule has 0 saturated heterocycles. The van der Waals surface area contributed by atoms with Crippen LogP contribution in [0.25, 0.3) is 0 Å². The molecule has 32 heavy (non-hydrogen) atoms. The van der Waals surface area contributed by atoms with Crippen molar-refractivity contribution < 1.29 is 29.0 Å². The number of nitrogens with two attached hydrogens (primary N) is 1. The Morgan fingerprint density at radius 1 is 1.12 bits per heavy atom. The maximum atomic E-state index is 12.7. The largest absolute Gasteiger partial charge is 0.497 e. The Morgan fingerprint density at radius 2 is 1.88 bits per heavy atom. The molecule has 9 heteroatoms. The van der Waals surface area contributed by atoms with Crippen molar-refractivity contribution in [3.63, 3.8) is 0 Å². The smallest absolute Gasteiger partial charge is 0.251 e. The Hall–Kier alpha value is -3.14. The molecule has 0 fully saturated rings. The van der Waals surface area contributed by atoms with Crippen molar-refractivity contribution in [3.8, 4) is 5.75 Å². The summed E-state index contributed by atoms with van der Waals surface area (Å²) in [5.41, 5.74) is 9.26. The minimum Gasteiger partial charge on any atom is -0.497 e. The number of hydrogen-bond donors (Lipinski definition) is 4. The number of nitrogens with one attached hydrogen (secondary N) is 2. The summed E-state index contributed by atoms with van der Waals surface area (Å²) >= 11 is 0. The van der Waals surface area contributed by atoms with Crippen molar-refractivity contribution in [2.45, 2.75) is 25.8 Å². The molecule has 2 rings (SSSR count). The number of hydrogen-bond acceptors (Lipinski definition) is 7. The normalized spacial score (nSPS) is 12.6. The molecule has 0 aliphatic rings. The maximum absolute atomic E-state index is 12.7. The van der Waals surface area contributed by atoms with Gasteiger partial charge in [0.2, 0.25) is 5.91 Å². The van der Waals surface area contributed by atoms with Gasteiger partial charge < -0.3 is 25.3 Å². The minimum absolute atomic E-state index is 0.0670. The summed E-state index contributed by atoms with van der Waals surface area (Å²) in [5, 5.41) is 12.2. The quantitative estimate of drug-likeness (QED) is 0.122.